The molecule has 0 bridgehead atoms. The minimum Gasteiger partial charge on any atom is -0.0654 e. The highest BCUT2D eigenvalue weighted by molar-refractivity contribution is 5.14. The summed E-state index contributed by atoms with van der Waals surface area (Å²) < 4.78 is 7.55. The summed E-state index contributed by atoms with van der Waals surface area (Å²) in [6.07, 6.45) is 3.44. The van der Waals surface area contributed by atoms with Gasteiger partial charge < -0.3 is 0 Å². The molecule has 0 N–H and O–H groups in total. The van der Waals surface area contributed by atoms with Crippen LogP contribution in [0, 0.1) is 0 Å². The molecule has 0 aliphatic rings. The standard InChI is InChI=1S/C10H14/c1-2-3-7-10-8-5-4-6-9-10/h4-6,8-9H,2-3,7H2,1H3/i8D. The second-order valence-electron chi connectivity index (χ2n) is 2.49. The molecule has 10 heavy (non-hydrogen) atoms. The van der Waals surface area contributed by atoms with Crippen LogP contribution in [0.2, 0.25) is 0 Å². The van der Waals surface area contributed by atoms with E-state index in [2.05, 4.69) is 6.92 Å². The van der Waals surface area contributed by atoms with Gasteiger partial charge in [0.25, 0.3) is 0 Å². The zero-order valence-electron chi connectivity index (χ0n) is 7.43. The first kappa shape index (κ1) is 5.96. The molecule has 0 spiro atoms. The Bertz CT molecular complexity index is 218. The predicted molar refractivity (Wildman–Crippen MR) is 45.1 cm³/mol. The van der Waals surface area contributed by atoms with Gasteiger partial charge in [-0.15, -0.1) is 0 Å². The third-order valence-electron chi connectivity index (χ3n) is 1.57. The fourth-order valence-corrected chi connectivity index (χ4v) is 0.953. The van der Waals surface area contributed by atoms with Crippen LogP contribution in [-0.2, 0) is 6.42 Å². The van der Waals surface area contributed by atoms with Gasteiger partial charge in [0, 0.05) is 0 Å². The smallest absolute Gasteiger partial charge is 0.0626 e. The van der Waals surface area contributed by atoms with Crippen molar-refractivity contribution in [3.8, 4) is 0 Å². The van der Waals surface area contributed by atoms with Gasteiger partial charge in [-0.2, -0.15) is 0 Å². The monoisotopic (exact) mass is 135 g/mol. The van der Waals surface area contributed by atoms with Gasteiger partial charge in [0.1, 0.15) is 0 Å². The van der Waals surface area contributed by atoms with Crippen LogP contribution in [-0.4, -0.2) is 0 Å². The first-order chi connectivity index (χ1) is 5.34. The van der Waals surface area contributed by atoms with E-state index in [-0.39, 0.29) is 0 Å². The van der Waals surface area contributed by atoms with Crippen LogP contribution in [0.3, 0.4) is 0 Å². The van der Waals surface area contributed by atoms with E-state index in [0.29, 0.717) is 6.04 Å². The summed E-state index contributed by atoms with van der Waals surface area (Å²) in [6.45, 7) is 2.17. The Balaban J connectivity index is 2.62. The molecule has 1 aromatic carbocycles. The summed E-state index contributed by atoms with van der Waals surface area (Å²) >= 11 is 0. The molecule has 0 radical (unpaired) electrons. The first-order valence-corrected chi connectivity index (χ1v) is 3.89. The molecule has 0 saturated carbocycles. The number of aryl methyl sites for hydroxylation is 1. The molecule has 0 saturated heterocycles. The Labute approximate surface area is 64.3 Å². The van der Waals surface area contributed by atoms with Gasteiger partial charge in [-0.25, -0.2) is 0 Å². The lowest BCUT2D eigenvalue weighted by Gasteiger charge is -1.96. The lowest BCUT2D eigenvalue weighted by molar-refractivity contribution is 0.795. The van der Waals surface area contributed by atoms with Crippen molar-refractivity contribution in [1.29, 1.82) is 0 Å². The van der Waals surface area contributed by atoms with Crippen molar-refractivity contribution in [3.05, 3.63) is 35.9 Å². The van der Waals surface area contributed by atoms with E-state index in [9.17, 15) is 0 Å². The van der Waals surface area contributed by atoms with Crippen molar-refractivity contribution in [2.45, 2.75) is 26.2 Å². The average molecular weight is 135 g/mol. The summed E-state index contributed by atoms with van der Waals surface area (Å²) in [5.74, 6) is 0. The van der Waals surface area contributed by atoms with Gasteiger partial charge in [0.2, 0.25) is 0 Å². The van der Waals surface area contributed by atoms with E-state index in [0.717, 1.165) is 6.42 Å². The molecule has 0 fully saturated rings. The van der Waals surface area contributed by atoms with Crippen LogP contribution in [0.25, 0.3) is 0 Å². The average Bonchev–Trinajstić information content (AvgIpc) is 2.03. The van der Waals surface area contributed by atoms with Crippen LogP contribution in [0.1, 0.15) is 26.7 Å². The van der Waals surface area contributed by atoms with Crippen molar-refractivity contribution >= 4 is 0 Å². The number of hydrogen-bond acceptors (Lipinski definition) is 0. The van der Waals surface area contributed by atoms with Gasteiger partial charge >= 0.3 is 0 Å². The number of unbranched alkanes of at least 4 members (excludes halogenated alkanes) is 1. The Morgan fingerprint density at radius 3 is 3.00 bits per heavy atom. The van der Waals surface area contributed by atoms with Crippen LogP contribution in [0.5, 0.6) is 0 Å². The van der Waals surface area contributed by atoms with Gasteiger partial charge in [-0.1, -0.05) is 43.7 Å². The van der Waals surface area contributed by atoms with Crippen LogP contribution >= 0.6 is 0 Å². The van der Waals surface area contributed by atoms with Gasteiger partial charge in [0.05, 0.1) is 1.37 Å². The summed E-state index contributed by atoms with van der Waals surface area (Å²) in [5.41, 5.74) is 1.18. The van der Waals surface area contributed by atoms with Gasteiger partial charge in [-0.05, 0) is 18.4 Å². The SMILES string of the molecule is [2H]c1ccccc1CCCC. The molecule has 1 aromatic rings. The zero-order chi connectivity index (χ0) is 8.10. The van der Waals surface area contributed by atoms with Gasteiger partial charge in [-0.3, -0.25) is 0 Å². The number of rotatable bonds is 3. The molecule has 0 heteroatoms. The van der Waals surface area contributed by atoms with Crippen LogP contribution in [0.15, 0.2) is 30.3 Å². The third kappa shape index (κ3) is 2.22. The molecular weight excluding hydrogens is 120 g/mol. The Kier molecular flexibility index (Phi) is 2.45. The van der Waals surface area contributed by atoms with E-state index in [1.54, 1.807) is 0 Å². The van der Waals surface area contributed by atoms with E-state index in [4.69, 9.17) is 1.37 Å². The van der Waals surface area contributed by atoms with E-state index >= 15 is 0 Å². The van der Waals surface area contributed by atoms with E-state index in [1.807, 2.05) is 24.3 Å². The third-order valence-corrected chi connectivity index (χ3v) is 1.57. The molecule has 0 nitrogen and oxygen atoms in total. The second kappa shape index (κ2) is 4.10. The van der Waals surface area contributed by atoms with Crippen molar-refractivity contribution in [2.75, 3.05) is 0 Å². The molecular formula is C10H14. The lowest BCUT2D eigenvalue weighted by Crippen LogP contribution is -1.81. The Hall–Kier alpha value is -0.780. The second-order valence-corrected chi connectivity index (χ2v) is 2.49. The van der Waals surface area contributed by atoms with Crippen molar-refractivity contribution in [1.82, 2.24) is 0 Å². The summed E-state index contributed by atoms with van der Waals surface area (Å²) in [7, 11) is 0. The topological polar surface area (TPSA) is 0 Å². The van der Waals surface area contributed by atoms with Crippen LogP contribution in [0.4, 0.5) is 0 Å². The predicted octanol–water partition coefficient (Wildman–Crippen LogP) is 3.03. The molecule has 0 aliphatic heterocycles. The molecule has 54 valence electrons. The maximum Gasteiger partial charge on any atom is 0.0626 e. The number of benzene rings is 1. The molecule has 1 rings (SSSR count). The first-order valence-electron chi connectivity index (χ1n) is 4.39. The summed E-state index contributed by atoms with van der Waals surface area (Å²) in [6, 6.07) is 8.49. The van der Waals surface area contributed by atoms with E-state index < -0.39 is 0 Å². The molecule has 0 amide bonds. The molecule has 0 atom stereocenters. The quantitative estimate of drug-likeness (QED) is 0.597. The molecule has 0 aromatic heterocycles. The number of hydrogen-bond donors (Lipinski definition) is 0. The maximum atomic E-state index is 7.55. The molecule has 0 heterocycles. The van der Waals surface area contributed by atoms with Crippen molar-refractivity contribution in [2.24, 2.45) is 0 Å². The molecule has 0 unspecified atom stereocenters. The summed E-state index contributed by atoms with van der Waals surface area (Å²) in [4.78, 5) is 0. The van der Waals surface area contributed by atoms with Crippen LogP contribution < -0.4 is 0 Å². The fraction of sp³-hybridized carbons (Fsp3) is 0.400. The highest BCUT2D eigenvalue weighted by atomic mass is 13.9. The molecule has 0 aliphatic carbocycles. The highest BCUT2D eigenvalue weighted by Crippen LogP contribution is 2.03. The fourth-order valence-electron chi connectivity index (χ4n) is 0.953. The zero-order valence-corrected chi connectivity index (χ0v) is 6.43. The van der Waals surface area contributed by atoms with E-state index in [1.165, 1.54) is 18.4 Å². The minimum absolute atomic E-state index is 0.681. The Morgan fingerprint density at radius 1 is 1.40 bits per heavy atom. The van der Waals surface area contributed by atoms with Crippen molar-refractivity contribution < 1.29 is 1.37 Å². The largest absolute Gasteiger partial charge is 0.0654 e. The summed E-state index contributed by atoms with van der Waals surface area (Å²) in [5, 5.41) is 0. The van der Waals surface area contributed by atoms with Gasteiger partial charge in [0.15, 0.2) is 0 Å². The maximum absolute atomic E-state index is 7.55. The van der Waals surface area contributed by atoms with Crippen molar-refractivity contribution in [3.63, 3.8) is 0 Å². The Morgan fingerprint density at radius 2 is 2.30 bits per heavy atom. The lowest BCUT2D eigenvalue weighted by atomic mass is 10.1. The highest BCUT2D eigenvalue weighted by Gasteiger charge is 1.87. The minimum atomic E-state index is 0.681. The normalized spacial score (nSPS) is 11.1.